The highest BCUT2D eigenvalue weighted by Gasteiger charge is 2.12. The van der Waals surface area contributed by atoms with Gasteiger partial charge in [-0.05, 0) is 47.2 Å². The highest BCUT2D eigenvalue weighted by atomic mass is 14.9. The molecular formula is C28H29N. The summed E-state index contributed by atoms with van der Waals surface area (Å²) in [5.41, 5.74) is 6.15. The summed E-state index contributed by atoms with van der Waals surface area (Å²) < 4.78 is 0. The quantitative estimate of drug-likeness (QED) is 0.435. The smallest absolute Gasteiger partial charge is 0.0342 e. The van der Waals surface area contributed by atoms with Crippen molar-refractivity contribution in [1.82, 2.24) is 0 Å². The van der Waals surface area contributed by atoms with Crippen LogP contribution in [-0.4, -0.2) is 6.04 Å². The van der Waals surface area contributed by atoms with E-state index in [4.69, 9.17) is 0 Å². The Labute approximate surface area is 174 Å². The fourth-order valence-electron chi connectivity index (χ4n) is 4.02. The van der Waals surface area contributed by atoms with Crippen LogP contribution < -0.4 is 5.32 Å². The second-order valence-electron chi connectivity index (χ2n) is 7.77. The van der Waals surface area contributed by atoms with Crippen molar-refractivity contribution in [2.24, 2.45) is 0 Å². The SMILES string of the molecule is C(/C=C/c1ccc(NC2CCCCC2)cc1)=C(c1ccccc1)c1ccccc1. The van der Waals surface area contributed by atoms with Crippen LogP contribution in [0.25, 0.3) is 11.6 Å². The van der Waals surface area contributed by atoms with Crippen LogP contribution in [0.4, 0.5) is 5.69 Å². The van der Waals surface area contributed by atoms with Gasteiger partial charge in [-0.2, -0.15) is 0 Å². The lowest BCUT2D eigenvalue weighted by atomic mass is 9.95. The number of hydrogen-bond donors (Lipinski definition) is 1. The second kappa shape index (κ2) is 9.93. The van der Waals surface area contributed by atoms with E-state index in [2.05, 4.69) is 108 Å². The number of rotatable bonds is 6. The summed E-state index contributed by atoms with van der Waals surface area (Å²) in [4.78, 5) is 0. The van der Waals surface area contributed by atoms with Gasteiger partial charge in [0.05, 0.1) is 0 Å². The third kappa shape index (κ3) is 5.48. The summed E-state index contributed by atoms with van der Waals surface area (Å²) in [5.74, 6) is 0. The first-order valence-corrected chi connectivity index (χ1v) is 10.7. The Morgan fingerprint density at radius 2 is 1.28 bits per heavy atom. The first-order chi connectivity index (χ1) is 14.4. The van der Waals surface area contributed by atoms with E-state index in [1.807, 2.05) is 0 Å². The molecule has 0 aromatic heterocycles. The fourth-order valence-corrected chi connectivity index (χ4v) is 4.02. The van der Waals surface area contributed by atoms with E-state index in [0.717, 1.165) is 0 Å². The van der Waals surface area contributed by atoms with Crippen molar-refractivity contribution >= 4 is 17.3 Å². The number of hydrogen-bond acceptors (Lipinski definition) is 1. The zero-order chi connectivity index (χ0) is 19.7. The summed E-state index contributed by atoms with van der Waals surface area (Å²) >= 11 is 0. The van der Waals surface area contributed by atoms with Gasteiger partial charge in [0.25, 0.3) is 0 Å². The molecule has 3 aromatic rings. The minimum Gasteiger partial charge on any atom is -0.382 e. The molecular weight excluding hydrogens is 350 g/mol. The molecule has 1 aliphatic carbocycles. The molecule has 1 fully saturated rings. The highest BCUT2D eigenvalue weighted by Crippen LogP contribution is 2.24. The molecule has 1 aliphatic rings. The number of nitrogens with one attached hydrogen (secondary N) is 1. The van der Waals surface area contributed by atoms with E-state index in [9.17, 15) is 0 Å². The molecule has 0 heterocycles. The largest absolute Gasteiger partial charge is 0.382 e. The van der Waals surface area contributed by atoms with Gasteiger partial charge in [0.15, 0.2) is 0 Å². The van der Waals surface area contributed by atoms with Gasteiger partial charge >= 0.3 is 0 Å². The van der Waals surface area contributed by atoms with Gasteiger partial charge in [-0.3, -0.25) is 0 Å². The van der Waals surface area contributed by atoms with Gasteiger partial charge in [-0.15, -0.1) is 0 Å². The van der Waals surface area contributed by atoms with Crippen LogP contribution in [0.15, 0.2) is 97.1 Å². The lowest BCUT2D eigenvalue weighted by Crippen LogP contribution is -2.22. The first-order valence-electron chi connectivity index (χ1n) is 10.7. The second-order valence-corrected chi connectivity index (χ2v) is 7.77. The molecule has 1 nitrogen and oxygen atoms in total. The van der Waals surface area contributed by atoms with Gasteiger partial charge in [0.1, 0.15) is 0 Å². The standard InChI is InChI=1S/C28H29N/c1-4-12-24(13-5-1)28(25-14-6-2-7-15-25)18-10-11-23-19-21-27(22-20-23)29-26-16-8-3-9-17-26/h1-2,4-7,10-15,18-22,26,29H,3,8-9,16-17H2/b11-10+. The molecule has 0 amide bonds. The predicted octanol–water partition coefficient (Wildman–Crippen LogP) is 7.58. The molecule has 1 N–H and O–H groups in total. The van der Waals surface area contributed by atoms with E-state index >= 15 is 0 Å². The van der Waals surface area contributed by atoms with E-state index in [1.54, 1.807) is 0 Å². The van der Waals surface area contributed by atoms with Crippen LogP contribution in [0.3, 0.4) is 0 Å². The summed E-state index contributed by atoms with van der Waals surface area (Å²) in [7, 11) is 0. The number of anilines is 1. The molecule has 0 aliphatic heterocycles. The Bertz CT molecular complexity index is 889. The minimum absolute atomic E-state index is 0.646. The Morgan fingerprint density at radius 1 is 0.690 bits per heavy atom. The molecule has 0 unspecified atom stereocenters. The summed E-state index contributed by atoms with van der Waals surface area (Å²) in [5, 5.41) is 3.69. The summed E-state index contributed by atoms with van der Waals surface area (Å²) in [6, 6.07) is 30.6. The minimum atomic E-state index is 0.646. The van der Waals surface area contributed by atoms with Crippen molar-refractivity contribution in [2.45, 2.75) is 38.1 Å². The third-order valence-electron chi connectivity index (χ3n) is 5.61. The van der Waals surface area contributed by atoms with Crippen molar-refractivity contribution in [3.63, 3.8) is 0 Å². The van der Waals surface area contributed by atoms with Gasteiger partial charge < -0.3 is 5.32 Å². The molecule has 1 saturated carbocycles. The molecule has 0 bridgehead atoms. The maximum absolute atomic E-state index is 3.69. The first kappa shape index (κ1) is 19.3. The van der Waals surface area contributed by atoms with E-state index in [1.165, 1.54) is 60.1 Å². The van der Waals surface area contributed by atoms with Crippen molar-refractivity contribution in [1.29, 1.82) is 0 Å². The highest BCUT2D eigenvalue weighted by molar-refractivity contribution is 5.81. The van der Waals surface area contributed by atoms with Gasteiger partial charge in [0.2, 0.25) is 0 Å². The molecule has 0 atom stereocenters. The molecule has 29 heavy (non-hydrogen) atoms. The monoisotopic (exact) mass is 379 g/mol. The van der Waals surface area contributed by atoms with Gasteiger partial charge in [-0.25, -0.2) is 0 Å². The van der Waals surface area contributed by atoms with Crippen LogP contribution in [0, 0.1) is 0 Å². The normalized spacial score (nSPS) is 14.6. The van der Waals surface area contributed by atoms with Crippen molar-refractivity contribution in [3.8, 4) is 0 Å². The Hall–Kier alpha value is -3.06. The maximum Gasteiger partial charge on any atom is 0.0342 e. The zero-order valence-electron chi connectivity index (χ0n) is 16.9. The number of benzene rings is 3. The van der Waals surface area contributed by atoms with Gasteiger partial charge in [-0.1, -0.05) is 110 Å². The van der Waals surface area contributed by atoms with E-state index in [-0.39, 0.29) is 0 Å². The van der Waals surface area contributed by atoms with Crippen molar-refractivity contribution in [3.05, 3.63) is 114 Å². The molecule has 1 heteroatoms. The maximum atomic E-state index is 3.69. The number of allylic oxidation sites excluding steroid dienone is 2. The molecule has 0 radical (unpaired) electrons. The van der Waals surface area contributed by atoms with Crippen LogP contribution in [0.2, 0.25) is 0 Å². The lowest BCUT2D eigenvalue weighted by Gasteiger charge is -2.23. The Kier molecular flexibility index (Phi) is 6.60. The molecule has 4 rings (SSSR count). The van der Waals surface area contributed by atoms with Crippen LogP contribution in [0.5, 0.6) is 0 Å². The third-order valence-corrected chi connectivity index (χ3v) is 5.61. The zero-order valence-corrected chi connectivity index (χ0v) is 16.9. The Morgan fingerprint density at radius 3 is 1.86 bits per heavy atom. The van der Waals surface area contributed by atoms with Gasteiger partial charge in [0, 0.05) is 11.7 Å². The molecule has 3 aromatic carbocycles. The topological polar surface area (TPSA) is 12.0 Å². The van der Waals surface area contributed by atoms with Crippen molar-refractivity contribution in [2.75, 3.05) is 5.32 Å². The van der Waals surface area contributed by atoms with Crippen LogP contribution in [-0.2, 0) is 0 Å². The molecule has 0 saturated heterocycles. The summed E-state index contributed by atoms with van der Waals surface area (Å²) in [6.45, 7) is 0. The average Bonchev–Trinajstić information content (AvgIpc) is 2.80. The Balaban J connectivity index is 1.48. The lowest BCUT2D eigenvalue weighted by molar-refractivity contribution is 0.463. The van der Waals surface area contributed by atoms with Crippen molar-refractivity contribution < 1.29 is 0 Å². The molecule has 146 valence electrons. The summed E-state index contributed by atoms with van der Waals surface area (Å²) in [6.07, 6.45) is 13.2. The van der Waals surface area contributed by atoms with Crippen LogP contribution >= 0.6 is 0 Å². The average molecular weight is 380 g/mol. The molecule has 0 spiro atoms. The van der Waals surface area contributed by atoms with E-state index in [0.29, 0.717) is 6.04 Å². The fraction of sp³-hybridized carbons (Fsp3) is 0.214. The van der Waals surface area contributed by atoms with E-state index < -0.39 is 0 Å². The van der Waals surface area contributed by atoms with Crippen LogP contribution in [0.1, 0.15) is 48.8 Å². The predicted molar refractivity (Wildman–Crippen MR) is 126 cm³/mol.